The minimum Gasteiger partial charge on any atom is -0.481 e. The van der Waals surface area contributed by atoms with Gasteiger partial charge in [0.1, 0.15) is 0 Å². The molecule has 0 aliphatic rings. The molecule has 51 heavy (non-hydrogen) atoms. The van der Waals surface area contributed by atoms with Crippen LogP contribution in [0.5, 0.6) is 0 Å². The molecule has 6 nitrogen and oxygen atoms in total. The van der Waals surface area contributed by atoms with E-state index < -0.39 is 5.97 Å². The van der Waals surface area contributed by atoms with E-state index in [4.69, 9.17) is 15.6 Å². The molecule has 0 bridgehead atoms. The summed E-state index contributed by atoms with van der Waals surface area (Å²) in [6, 6.07) is 0.681. The van der Waals surface area contributed by atoms with E-state index in [1.165, 1.54) is 193 Å². The summed E-state index contributed by atoms with van der Waals surface area (Å²) in [5.41, 5.74) is 6.31. The molecule has 0 aliphatic carbocycles. The van der Waals surface area contributed by atoms with Gasteiger partial charge in [-0.2, -0.15) is 0 Å². The Labute approximate surface area is 318 Å². The second kappa shape index (κ2) is 41.6. The topological polar surface area (TPSA) is 102 Å². The van der Waals surface area contributed by atoms with Crippen LogP contribution in [0.25, 0.3) is 0 Å². The van der Waals surface area contributed by atoms with Crippen molar-refractivity contribution in [3.8, 4) is 0 Å². The molecule has 0 fully saturated rings. The van der Waals surface area contributed by atoms with Crippen LogP contribution in [0.4, 0.5) is 0 Å². The molecule has 2 unspecified atom stereocenters. The van der Waals surface area contributed by atoms with Gasteiger partial charge in [-0.05, 0) is 45.6 Å². The number of carbonyl (C=O) groups is 2. The van der Waals surface area contributed by atoms with Gasteiger partial charge in [0.2, 0.25) is 0 Å². The summed E-state index contributed by atoms with van der Waals surface area (Å²) < 4.78 is 5.42. The maximum atomic E-state index is 11.9. The minimum atomic E-state index is -0.661. The molecule has 6 heteroatoms. The van der Waals surface area contributed by atoms with E-state index in [0.29, 0.717) is 25.5 Å². The van der Waals surface area contributed by atoms with Gasteiger partial charge in [-0.3, -0.25) is 9.59 Å². The van der Waals surface area contributed by atoms with Crippen LogP contribution >= 0.6 is 0 Å². The molecule has 0 saturated heterocycles. The Kier molecular flexibility index (Phi) is 40.7. The first-order chi connectivity index (χ1) is 25.0. The molecule has 304 valence electrons. The van der Waals surface area contributed by atoms with Gasteiger partial charge in [-0.25, -0.2) is 0 Å². The van der Waals surface area contributed by atoms with Crippen LogP contribution in [0, 0.1) is 0 Å². The third kappa shape index (κ3) is 41.5. The monoisotopic (exact) mass is 723 g/mol. The van der Waals surface area contributed by atoms with Crippen molar-refractivity contribution in [1.29, 1.82) is 0 Å². The molecule has 4 N–H and O–H groups in total. The van der Waals surface area contributed by atoms with Gasteiger partial charge in [-0.1, -0.05) is 200 Å². The lowest BCUT2D eigenvalue weighted by atomic mass is 10.0. The summed E-state index contributed by atoms with van der Waals surface area (Å²) in [5, 5.41) is 12.4. The lowest BCUT2D eigenvalue weighted by Crippen LogP contribution is -2.43. The fraction of sp³-hybridized carbons (Fsp3) is 0.956. The Hall–Kier alpha value is -1.14. The third-order valence-corrected chi connectivity index (χ3v) is 10.8. The second-order valence-corrected chi connectivity index (χ2v) is 16.0. The maximum absolute atomic E-state index is 11.9. The molecule has 0 radical (unpaired) electrons. The van der Waals surface area contributed by atoms with Crippen molar-refractivity contribution in [3.63, 3.8) is 0 Å². The Bertz CT molecular complexity index is 716. The quantitative estimate of drug-likeness (QED) is 0.0428. The van der Waals surface area contributed by atoms with Crippen LogP contribution in [-0.2, 0) is 14.3 Å². The SMILES string of the molecule is CCCCCCCCCCOC(=O)CCCCCCCCCCCCCCCNC(CCCCCCCCCCCCCCCC(=O)O)C(C)N. The fourth-order valence-electron chi connectivity index (χ4n) is 7.26. The zero-order valence-electron chi connectivity index (χ0n) is 34.5. The van der Waals surface area contributed by atoms with Gasteiger partial charge in [0.15, 0.2) is 0 Å². The summed E-state index contributed by atoms with van der Waals surface area (Å²) in [6.45, 7) is 6.14. The minimum absolute atomic E-state index is 0.00996. The first kappa shape index (κ1) is 49.9. The van der Waals surface area contributed by atoms with Gasteiger partial charge in [0, 0.05) is 24.9 Å². The second-order valence-electron chi connectivity index (χ2n) is 16.0. The Morgan fingerprint density at radius 3 is 1.27 bits per heavy atom. The average molecular weight is 723 g/mol. The highest BCUT2D eigenvalue weighted by Gasteiger charge is 2.12. The summed E-state index contributed by atoms with van der Waals surface area (Å²) in [4.78, 5) is 22.5. The molecule has 0 aromatic heterocycles. The van der Waals surface area contributed by atoms with Gasteiger partial charge >= 0.3 is 11.9 Å². The zero-order valence-corrected chi connectivity index (χ0v) is 34.5. The molecule has 0 rings (SSSR count). The zero-order chi connectivity index (χ0) is 37.3. The lowest BCUT2D eigenvalue weighted by molar-refractivity contribution is -0.144. The number of carbonyl (C=O) groups excluding carboxylic acids is 1. The normalized spacial score (nSPS) is 12.7. The van der Waals surface area contributed by atoms with Crippen molar-refractivity contribution in [1.82, 2.24) is 5.32 Å². The van der Waals surface area contributed by atoms with Crippen molar-refractivity contribution in [2.24, 2.45) is 5.73 Å². The number of unbranched alkanes of at least 4 members (excludes halogenated alkanes) is 31. The van der Waals surface area contributed by atoms with Crippen LogP contribution in [0.3, 0.4) is 0 Å². The van der Waals surface area contributed by atoms with Gasteiger partial charge in [0.05, 0.1) is 6.61 Å². The van der Waals surface area contributed by atoms with Crippen molar-refractivity contribution >= 4 is 11.9 Å². The van der Waals surface area contributed by atoms with Crippen LogP contribution < -0.4 is 11.1 Å². The number of nitrogens with two attached hydrogens (primary N) is 1. The highest BCUT2D eigenvalue weighted by Crippen LogP contribution is 2.16. The predicted molar refractivity (Wildman–Crippen MR) is 221 cm³/mol. The van der Waals surface area contributed by atoms with Gasteiger partial charge in [0.25, 0.3) is 0 Å². The molecule has 0 spiro atoms. The van der Waals surface area contributed by atoms with E-state index in [0.717, 1.165) is 38.6 Å². The molecular weight excluding hydrogens is 633 g/mol. The molecule has 0 amide bonds. The number of hydrogen-bond acceptors (Lipinski definition) is 5. The lowest BCUT2D eigenvalue weighted by Gasteiger charge is -2.22. The number of hydrogen-bond donors (Lipinski definition) is 3. The molecule has 0 heterocycles. The van der Waals surface area contributed by atoms with E-state index in [1.54, 1.807) is 0 Å². The molecule has 0 aliphatic heterocycles. The van der Waals surface area contributed by atoms with Gasteiger partial charge in [-0.15, -0.1) is 0 Å². The molecule has 0 saturated carbocycles. The number of esters is 1. The van der Waals surface area contributed by atoms with Gasteiger partial charge < -0.3 is 20.9 Å². The van der Waals surface area contributed by atoms with Crippen molar-refractivity contribution in [3.05, 3.63) is 0 Å². The van der Waals surface area contributed by atoms with Crippen molar-refractivity contribution in [2.75, 3.05) is 13.2 Å². The molecule has 0 aromatic rings. The standard InChI is InChI=1S/C45H90N2O4/c1-3-4-5-6-7-26-31-36-41-51-45(50)39-34-29-24-20-16-12-9-13-17-21-25-30-35-40-47-43(42(2)46)37-32-27-22-18-14-10-8-11-15-19-23-28-33-38-44(48)49/h42-43,47H,3-41,46H2,1-2H3,(H,48,49). The molecule has 2 atom stereocenters. The van der Waals surface area contributed by atoms with E-state index >= 15 is 0 Å². The van der Waals surface area contributed by atoms with E-state index in [9.17, 15) is 9.59 Å². The first-order valence-electron chi connectivity index (χ1n) is 22.8. The number of ether oxygens (including phenoxy) is 1. The highest BCUT2D eigenvalue weighted by atomic mass is 16.5. The Balaban J connectivity index is 3.38. The van der Waals surface area contributed by atoms with E-state index in [2.05, 4.69) is 19.2 Å². The smallest absolute Gasteiger partial charge is 0.305 e. The Morgan fingerprint density at radius 1 is 0.510 bits per heavy atom. The average Bonchev–Trinajstić information content (AvgIpc) is 3.11. The van der Waals surface area contributed by atoms with Crippen LogP contribution in [-0.4, -0.2) is 42.3 Å². The largest absolute Gasteiger partial charge is 0.481 e. The first-order valence-corrected chi connectivity index (χ1v) is 22.8. The van der Waals surface area contributed by atoms with Crippen LogP contribution in [0.2, 0.25) is 0 Å². The van der Waals surface area contributed by atoms with Crippen LogP contribution in [0.15, 0.2) is 0 Å². The van der Waals surface area contributed by atoms with Crippen molar-refractivity contribution < 1.29 is 19.4 Å². The number of aliphatic carboxylic acids is 1. The summed E-state index contributed by atoms with van der Waals surface area (Å²) in [5.74, 6) is -0.651. The number of nitrogens with one attached hydrogen (secondary N) is 1. The fourth-order valence-corrected chi connectivity index (χ4v) is 7.26. The predicted octanol–water partition coefficient (Wildman–Crippen LogP) is 13.4. The van der Waals surface area contributed by atoms with E-state index in [1.807, 2.05) is 0 Å². The number of carboxylic acids is 1. The third-order valence-electron chi connectivity index (χ3n) is 10.8. The summed E-state index contributed by atoms with van der Waals surface area (Å²) in [7, 11) is 0. The van der Waals surface area contributed by atoms with Crippen molar-refractivity contribution in [2.45, 2.75) is 264 Å². The van der Waals surface area contributed by atoms with E-state index in [-0.39, 0.29) is 12.0 Å². The summed E-state index contributed by atoms with van der Waals surface area (Å²) in [6.07, 6.45) is 45.7. The highest BCUT2D eigenvalue weighted by molar-refractivity contribution is 5.69. The van der Waals surface area contributed by atoms with Crippen LogP contribution in [0.1, 0.15) is 251 Å². The maximum Gasteiger partial charge on any atom is 0.305 e. The number of carboxylic acid groups (broad SMARTS) is 1. The summed E-state index contributed by atoms with van der Waals surface area (Å²) >= 11 is 0. The Morgan fingerprint density at radius 2 is 0.863 bits per heavy atom. The molecular formula is C45H90N2O4. The number of rotatable bonds is 43. The molecule has 0 aromatic carbocycles.